The summed E-state index contributed by atoms with van der Waals surface area (Å²) in [5.41, 5.74) is 1.80. The summed E-state index contributed by atoms with van der Waals surface area (Å²) in [6.07, 6.45) is 1.91. The van der Waals surface area contributed by atoms with Gasteiger partial charge in [-0.1, -0.05) is 17.7 Å². The van der Waals surface area contributed by atoms with Gasteiger partial charge >= 0.3 is 5.97 Å². The largest absolute Gasteiger partial charge is 0.478 e. The van der Waals surface area contributed by atoms with E-state index in [1.807, 2.05) is 12.1 Å². The van der Waals surface area contributed by atoms with Gasteiger partial charge in [-0.15, -0.1) is 0 Å². The number of fused-ring (bicyclic) bond motifs is 1. The molecule has 20 heavy (non-hydrogen) atoms. The Hall–Kier alpha value is -1.65. The van der Waals surface area contributed by atoms with Crippen molar-refractivity contribution in [2.75, 3.05) is 13.2 Å². The van der Waals surface area contributed by atoms with Gasteiger partial charge in [0.1, 0.15) is 0 Å². The lowest BCUT2D eigenvalue weighted by molar-refractivity contribution is 0.0699. The molecule has 0 amide bonds. The Labute approximate surface area is 121 Å². The molecule has 1 N–H and O–H groups in total. The average Bonchev–Trinajstić information content (AvgIpc) is 2.47. The van der Waals surface area contributed by atoms with Crippen LogP contribution in [0.4, 0.5) is 0 Å². The maximum absolute atomic E-state index is 11.3. The van der Waals surface area contributed by atoms with Crippen molar-refractivity contribution >= 4 is 28.5 Å². The molecule has 0 radical (unpaired) electrons. The van der Waals surface area contributed by atoms with Gasteiger partial charge in [-0.05, 0) is 31.0 Å². The summed E-state index contributed by atoms with van der Waals surface area (Å²) in [4.78, 5) is 15.9. The number of benzene rings is 1. The second-order valence-electron chi connectivity index (χ2n) is 4.92. The fraction of sp³-hybridized carbons (Fsp3) is 0.333. The van der Waals surface area contributed by atoms with Crippen LogP contribution in [0.1, 0.15) is 34.8 Å². The Bertz CT molecular complexity index is 665. The minimum atomic E-state index is -1.03. The zero-order chi connectivity index (χ0) is 14.1. The minimum absolute atomic E-state index is 0.121. The van der Waals surface area contributed by atoms with E-state index >= 15 is 0 Å². The van der Waals surface area contributed by atoms with Gasteiger partial charge in [-0.3, -0.25) is 4.98 Å². The molecule has 0 saturated carbocycles. The monoisotopic (exact) mass is 291 g/mol. The van der Waals surface area contributed by atoms with Crippen molar-refractivity contribution in [1.29, 1.82) is 0 Å². The van der Waals surface area contributed by atoms with E-state index in [0.29, 0.717) is 16.8 Å². The highest BCUT2D eigenvalue weighted by atomic mass is 35.5. The molecule has 0 atom stereocenters. The van der Waals surface area contributed by atoms with Gasteiger partial charge < -0.3 is 9.84 Å². The predicted molar refractivity (Wildman–Crippen MR) is 76.5 cm³/mol. The highest BCUT2D eigenvalue weighted by molar-refractivity contribution is 6.35. The standard InChI is InChI=1S/C15H14ClNO3/c16-11-2-4-13-10(14(11)15(18)19)1-3-12(17-13)9-5-7-20-8-6-9/h1-4,9H,5-8H2,(H,18,19). The number of hydrogen-bond donors (Lipinski definition) is 1. The van der Waals surface area contributed by atoms with Gasteiger partial charge in [0.05, 0.1) is 16.1 Å². The number of halogens is 1. The van der Waals surface area contributed by atoms with E-state index in [2.05, 4.69) is 4.98 Å². The van der Waals surface area contributed by atoms with Crippen LogP contribution < -0.4 is 0 Å². The van der Waals surface area contributed by atoms with Crippen molar-refractivity contribution in [2.45, 2.75) is 18.8 Å². The van der Waals surface area contributed by atoms with Gasteiger partial charge in [0.2, 0.25) is 0 Å². The van der Waals surface area contributed by atoms with E-state index < -0.39 is 5.97 Å². The summed E-state index contributed by atoms with van der Waals surface area (Å²) in [5.74, 6) is -0.640. The highest BCUT2D eigenvalue weighted by Gasteiger charge is 2.19. The smallest absolute Gasteiger partial charge is 0.337 e. The Kier molecular flexibility index (Phi) is 3.59. The normalized spacial score (nSPS) is 16.4. The van der Waals surface area contributed by atoms with Crippen molar-refractivity contribution in [2.24, 2.45) is 0 Å². The molecule has 0 spiro atoms. The number of ether oxygens (including phenoxy) is 1. The lowest BCUT2D eigenvalue weighted by Crippen LogP contribution is -2.15. The molecule has 4 nitrogen and oxygen atoms in total. The van der Waals surface area contributed by atoms with Gasteiger partial charge in [-0.25, -0.2) is 4.79 Å². The second-order valence-corrected chi connectivity index (χ2v) is 5.32. The molecule has 0 aliphatic carbocycles. The van der Waals surface area contributed by atoms with E-state index in [9.17, 15) is 9.90 Å². The summed E-state index contributed by atoms with van der Waals surface area (Å²) in [6, 6.07) is 7.07. The van der Waals surface area contributed by atoms with E-state index in [1.165, 1.54) is 0 Å². The van der Waals surface area contributed by atoms with Crippen LogP contribution in [0, 0.1) is 0 Å². The third kappa shape index (κ3) is 2.37. The maximum Gasteiger partial charge on any atom is 0.337 e. The number of carbonyl (C=O) groups is 1. The third-order valence-electron chi connectivity index (χ3n) is 3.70. The third-order valence-corrected chi connectivity index (χ3v) is 4.01. The zero-order valence-electron chi connectivity index (χ0n) is 10.8. The molecule has 1 aliphatic rings. The first kappa shape index (κ1) is 13.3. The van der Waals surface area contributed by atoms with E-state index in [4.69, 9.17) is 16.3 Å². The molecule has 0 bridgehead atoms. The van der Waals surface area contributed by atoms with E-state index in [0.717, 1.165) is 31.7 Å². The molecule has 104 valence electrons. The number of carboxylic acid groups (broad SMARTS) is 1. The fourth-order valence-electron chi connectivity index (χ4n) is 2.63. The second kappa shape index (κ2) is 5.38. The fourth-order valence-corrected chi connectivity index (χ4v) is 2.88. The molecule has 1 aliphatic heterocycles. The van der Waals surface area contributed by atoms with Crippen molar-refractivity contribution < 1.29 is 14.6 Å². The van der Waals surface area contributed by atoms with E-state index in [1.54, 1.807) is 12.1 Å². The van der Waals surface area contributed by atoms with Crippen LogP contribution >= 0.6 is 11.6 Å². The first-order valence-corrected chi connectivity index (χ1v) is 6.95. The van der Waals surface area contributed by atoms with Gasteiger partial charge in [0, 0.05) is 30.2 Å². The van der Waals surface area contributed by atoms with Crippen LogP contribution in [-0.2, 0) is 4.74 Å². The number of rotatable bonds is 2. The summed E-state index contributed by atoms with van der Waals surface area (Å²) in [6.45, 7) is 1.51. The zero-order valence-corrected chi connectivity index (χ0v) is 11.6. The molecular formula is C15H14ClNO3. The summed E-state index contributed by atoms with van der Waals surface area (Å²) in [7, 11) is 0. The molecule has 1 aromatic carbocycles. The quantitative estimate of drug-likeness (QED) is 0.920. The maximum atomic E-state index is 11.3. The minimum Gasteiger partial charge on any atom is -0.478 e. The highest BCUT2D eigenvalue weighted by Crippen LogP contribution is 2.30. The molecule has 0 unspecified atom stereocenters. The van der Waals surface area contributed by atoms with Crippen LogP contribution in [0.15, 0.2) is 24.3 Å². The Morgan fingerprint density at radius 1 is 1.25 bits per heavy atom. The lowest BCUT2D eigenvalue weighted by atomic mass is 9.95. The molecular weight excluding hydrogens is 278 g/mol. The number of pyridine rings is 1. The van der Waals surface area contributed by atoms with Crippen LogP contribution in [0.25, 0.3) is 10.9 Å². The number of hydrogen-bond acceptors (Lipinski definition) is 3. The van der Waals surface area contributed by atoms with E-state index in [-0.39, 0.29) is 10.6 Å². The van der Waals surface area contributed by atoms with Gasteiger partial charge in [0.15, 0.2) is 0 Å². The van der Waals surface area contributed by atoms with Crippen LogP contribution in [0.2, 0.25) is 5.02 Å². The van der Waals surface area contributed by atoms with Gasteiger partial charge in [-0.2, -0.15) is 0 Å². The summed E-state index contributed by atoms with van der Waals surface area (Å²) >= 11 is 5.96. The first-order valence-electron chi connectivity index (χ1n) is 6.57. The molecule has 1 fully saturated rings. The van der Waals surface area contributed by atoms with Crippen molar-refractivity contribution in [3.05, 3.63) is 40.5 Å². The Balaban J connectivity index is 2.08. The number of aromatic nitrogens is 1. The lowest BCUT2D eigenvalue weighted by Gasteiger charge is -2.21. The topological polar surface area (TPSA) is 59.4 Å². The van der Waals surface area contributed by atoms with Crippen molar-refractivity contribution in [3.63, 3.8) is 0 Å². The van der Waals surface area contributed by atoms with Crippen LogP contribution in [0.3, 0.4) is 0 Å². The van der Waals surface area contributed by atoms with Gasteiger partial charge in [0.25, 0.3) is 0 Å². The number of carboxylic acids is 1. The van der Waals surface area contributed by atoms with Crippen LogP contribution in [0.5, 0.6) is 0 Å². The average molecular weight is 292 g/mol. The predicted octanol–water partition coefficient (Wildman–Crippen LogP) is 3.48. The summed E-state index contributed by atoms with van der Waals surface area (Å²) in [5, 5.41) is 10.1. The SMILES string of the molecule is O=C(O)c1c(Cl)ccc2nc(C3CCOCC3)ccc12. The Morgan fingerprint density at radius 2 is 2.00 bits per heavy atom. The molecule has 2 heterocycles. The molecule has 5 heteroatoms. The van der Waals surface area contributed by atoms with Crippen LogP contribution in [-0.4, -0.2) is 29.3 Å². The Morgan fingerprint density at radius 3 is 2.70 bits per heavy atom. The first-order chi connectivity index (χ1) is 9.66. The number of nitrogens with zero attached hydrogens (tertiary/aromatic N) is 1. The molecule has 1 aromatic heterocycles. The molecule has 2 aromatic rings. The molecule has 1 saturated heterocycles. The number of aromatic carboxylic acids is 1. The van der Waals surface area contributed by atoms with Crippen molar-refractivity contribution in [3.8, 4) is 0 Å². The summed E-state index contributed by atoms with van der Waals surface area (Å²) < 4.78 is 5.35. The van der Waals surface area contributed by atoms with Crippen molar-refractivity contribution in [1.82, 2.24) is 4.98 Å². The molecule has 3 rings (SSSR count).